The highest BCUT2D eigenvalue weighted by molar-refractivity contribution is 4.94. The molecule has 17 heavy (non-hydrogen) atoms. The molecule has 0 heterocycles. The number of rotatable bonds is 6. The third-order valence-electron chi connectivity index (χ3n) is 4.64. The van der Waals surface area contributed by atoms with Gasteiger partial charge in [-0.05, 0) is 38.5 Å². The molecular formula is C15H31NO. The first-order chi connectivity index (χ1) is 8.20. The third-order valence-corrected chi connectivity index (χ3v) is 4.64. The first kappa shape index (κ1) is 15.0. The average molecular weight is 241 g/mol. The predicted molar refractivity (Wildman–Crippen MR) is 74.1 cm³/mol. The van der Waals surface area contributed by atoms with Gasteiger partial charge >= 0.3 is 0 Å². The third kappa shape index (κ3) is 3.69. The quantitative estimate of drug-likeness (QED) is 0.716. The van der Waals surface area contributed by atoms with Crippen molar-refractivity contribution in [3.05, 3.63) is 0 Å². The molecule has 0 aromatic heterocycles. The van der Waals surface area contributed by atoms with Crippen molar-refractivity contribution in [3.8, 4) is 0 Å². The molecule has 2 N–H and O–H groups in total. The number of hydrogen-bond donors (Lipinski definition) is 1. The topological polar surface area (TPSA) is 35.2 Å². The maximum absolute atomic E-state index is 6.58. The van der Waals surface area contributed by atoms with E-state index >= 15 is 0 Å². The first-order valence-electron chi connectivity index (χ1n) is 7.59. The van der Waals surface area contributed by atoms with Gasteiger partial charge in [0.15, 0.2) is 0 Å². The predicted octanol–water partition coefficient (Wildman–Crippen LogP) is 3.88. The summed E-state index contributed by atoms with van der Waals surface area (Å²) in [6, 6.07) is 0.218. The van der Waals surface area contributed by atoms with Crippen molar-refractivity contribution >= 4 is 0 Å². The van der Waals surface area contributed by atoms with E-state index in [1.807, 2.05) is 0 Å². The highest BCUT2D eigenvalue weighted by Crippen LogP contribution is 2.34. The van der Waals surface area contributed by atoms with Crippen LogP contribution in [0.3, 0.4) is 0 Å². The summed E-state index contributed by atoms with van der Waals surface area (Å²) in [4.78, 5) is 0. The monoisotopic (exact) mass is 241 g/mol. The average Bonchev–Trinajstić information content (AvgIpc) is 2.64. The molecule has 0 aromatic rings. The van der Waals surface area contributed by atoms with E-state index in [4.69, 9.17) is 10.5 Å². The van der Waals surface area contributed by atoms with Crippen LogP contribution in [0.15, 0.2) is 0 Å². The van der Waals surface area contributed by atoms with Gasteiger partial charge in [-0.15, -0.1) is 0 Å². The van der Waals surface area contributed by atoms with Crippen molar-refractivity contribution in [1.29, 1.82) is 0 Å². The van der Waals surface area contributed by atoms with Crippen molar-refractivity contribution in [2.24, 2.45) is 11.7 Å². The molecule has 102 valence electrons. The van der Waals surface area contributed by atoms with E-state index in [-0.39, 0.29) is 11.6 Å². The molecule has 2 nitrogen and oxygen atoms in total. The summed E-state index contributed by atoms with van der Waals surface area (Å²) in [5.74, 6) is 0.670. The van der Waals surface area contributed by atoms with Crippen molar-refractivity contribution < 1.29 is 4.74 Å². The molecule has 0 bridgehead atoms. The molecule has 1 saturated carbocycles. The molecule has 0 spiro atoms. The second-order valence-corrected chi connectivity index (χ2v) is 5.48. The van der Waals surface area contributed by atoms with Crippen LogP contribution in [0.5, 0.6) is 0 Å². The summed E-state index contributed by atoms with van der Waals surface area (Å²) in [5.41, 5.74) is 6.50. The minimum absolute atomic E-state index is 0.0796. The molecule has 1 fully saturated rings. The Morgan fingerprint density at radius 1 is 1.06 bits per heavy atom. The van der Waals surface area contributed by atoms with Crippen LogP contribution in [-0.4, -0.2) is 18.2 Å². The standard InChI is InChI=1S/C15H31NO/c1-4-15(5-2,17-6-3)14(16)13-11-9-7-8-10-12-13/h13-14H,4-12,16H2,1-3H3. The Labute approximate surface area is 107 Å². The van der Waals surface area contributed by atoms with E-state index in [1.54, 1.807) is 0 Å². The molecule has 0 saturated heterocycles. The fourth-order valence-corrected chi connectivity index (χ4v) is 3.41. The molecule has 0 amide bonds. The zero-order valence-electron chi connectivity index (χ0n) is 12.0. The van der Waals surface area contributed by atoms with Crippen LogP contribution >= 0.6 is 0 Å². The van der Waals surface area contributed by atoms with Gasteiger partial charge in [-0.25, -0.2) is 0 Å². The van der Waals surface area contributed by atoms with Gasteiger partial charge in [0.1, 0.15) is 0 Å². The number of hydrogen-bond acceptors (Lipinski definition) is 2. The highest BCUT2D eigenvalue weighted by atomic mass is 16.5. The van der Waals surface area contributed by atoms with Crippen molar-refractivity contribution in [2.75, 3.05) is 6.61 Å². The summed E-state index contributed by atoms with van der Waals surface area (Å²) in [5, 5.41) is 0. The Balaban J connectivity index is 2.70. The minimum atomic E-state index is -0.0796. The molecule has 0 aromatic carbocycles. The van der Waals surface area contributed by atoms with Crippen LogP contribution in [-0.2, 0) is 4.74 Å². The van der Waals surface area contributed by atoms with Gasteiger partial charge in [-0.2, -0.15) is 0 Å². The van der Waals surface area contributed by atoms with Crippen LogP contribution < -0.4 is 5.73 Å². The lowest BCUT2D eigenvalue weighted by Gasteiger charge is -2.41. The first-order valence-corrected chi connectivity index (χ1v) is 7.59. The van der Waals surface area contributed by atoms with Crippen LogP contribution in [0.4, 0.5) is 0 Å². The Morgan fingerprint density at radius 2 is 1.59 bits per heavy atom. The molecular weight excluding hydrogens is 210 g/mol. The minimum Gasteiger partial charge on any atom is -0.374 e. The van der Waals surface area contributed by atoms with Gasteiger partial charge < -0.3 is 10.5 Å². The van der Waals surface area contributed by atoms with Gasteiger partial charge in [0.2, 0.25) is 0 Å². The second kappa shape index (κ2) is 7.38. The van der Waals surface area contributed by atoms with Gasteiger partial charge in [-0.1, -0.05) is 39.5 Å². The van der Waals surface area contributed by atoms with Gasteiger partial charge in [0.05, 0.1) is 5.60 Å². The molecule has 0 radical (unpaired) electrons. The van der Waals surface area contributed by atoms with E-state index in [1.165, 1.54) is 38.5 Å². The number of nitrogens with two attached hydrogens (primary N) is 1. The van der Waals surface area contributed by atoms with Crippen LogP contribution in [0.2, 0.25) is 0 Å². The van der Waals surface area contributed by atoms with Crippen LogP contribution in [0.1, 0.15) is 72.1 Å². The summed E-state index contributed by atoms with van der Waals surface area (Å²) in [6.45, 7) is 7.30. The highest BCUT2D eigenvalue weighted by Gasteiger charge is 2.38. The maximum atomic E-state index is 6.58. The number of ether oxygens (including phenoxy) is 1. The summed E-state index contributed by atoms with van der Waals surface area (Å²) in [6.07, 6.45) is 10.2. The summed E-state index contributed by atoms with van der Waals surface area (Å²) < 4.78 is 6.06. The molecule has 1 unspecified atom stereocenters. The zero-order chi connectivity index (χ0) is 12.7. The molecule has 0 aliphatic heterocycles. The smallest absolute Gasteiger partial charge is 0.0829 e. The van der Waals surface area contributed by atoms with E-state index in [0.29, 0.717) is 5.92 Å². The van der Waals surface area contributed by atoms with Crippen molar-refractivity contribution in [3.63, 3.8) is 0 Å². The molecule has 1 aliphatic rings. The molecule has 2 heteroatoms. The van der Waals surface area contributed by atoms with E-state index in [0.717, 1.165) is 19.4 Å². The van der Waals surface area contributed by atoms with Gasteiger partial charge in [-0.3, -0.25) is 0 Å². The second-order valence-electron chi connectivity index (χ2n) is 5.48. The Kier molecular flexibility index (Phi) is 6.50. The fourth-order valence-electron chi connectivity index (χ4n) is 3.41. The van der Waals surface area contributed by atoms with Gasteiger partial charge in [0, 0.05) is 12.6 Å². The van der Waals surface area contributed by atoms with Crippen LogP contribution in [0, 0.1) is 5.92 Å². The summed E-state index contributed by atoms with van der Waals surface area (Å²) >= 11 is 0. The van der Waals surface area contributed by atoms with Crippen LogP contribution in [0.25, 0.3) is 0 Å². The van der Waals surface area contributed by atoms with Crippen molar-refractivity contribution in [1.82, 2.24) is 0 Å². The van der Waals surface area contributed by atoms with Gasteiger partial charge in [0.25, 0.3) is 0 Å². The Hall–Kier alpha value is -0.0800. The largest absolute Gasteiger partial charge is 0.374 e. The lowest BCUT2D eigenvalue weighted by atomic mass is 9.78. The Morgan fingerprint density at radius 3 is 2.00 bits per heavy atom. The van der Waals surface area contributed by atoms with E-state index < -0.39 is 0 Å². The lowest BCUT2D eigenvalue weighted by Crippen LogP contribution is -2.53. The SMILES string of the molecule is CCOC(CC)(CC)C(N)C1CCCCCC1. The molecule has 1 rings (SSSR count). The summed E-state index contributed by atoms with van der Waals surface area (Å²) in [7, 11) is 0. The van der Waals surface area contributed by atoms with E-state index in [2.05, 4.69) is 20.8 Å². The maximum Gasteiger partial charge on any atom is 0.0829 e. The molecule has 1 aliphatic carbocycles. The Bertz CT molecular complexity index is 193. The lowest BCUT2D eigenvalue weighted by molar-refractivity contribution is -0.0771. The zero-order valence-corrected chi connectivity index (χ0v) is 12.0. The normalized spacial score (nSPS) is 21.2. The molecule has 1 atom stereocenters. The van der Waals surface area contributed by atoms with Crippen molar-refractivity contribution in [2.45, 2.75) is 83.8 Å². The fraction of sp³-hybridized carbons (Fsp3) is 1.00. The van der Waals surface area contributed by atoms with E-state index in [9.17, 15) is 0 Å².